The van der Waals surface area contributed by atoms with Gasteiger partial charge >= 0.3 is 0 Å². The Hall–Kier alpha value is -2.76. The third-order valence-electron chi connectivity index (χ3n) is 3.35. The zero-order valence-corrected chi connectivity index (χ0v) is 11.1. The van der Waals surface area contributed by atoms with E-state index in [9.17, 15) is 0 Å². The first kappa shape index (κ1) is 11.1. The lowest BCUT2D eigenvalue weighted by Gasteiger charge is -2.02. The predicted molar refractivity (Wildman–Crippen MR) is 75.3 cm³/mol. The second-order valence-corrected chi connectivity index (χ2v) is 4.94. The van der Waals surface area contributed by atoms with E-state index in [0.29, 0.717) is 0 Å². The molecule has 0 fully saturated rings. The van der Waals surface area contributed by atoms with Crippen molar-refractivity contribution in [2.24, 2.45) is 0 Å². The summed E-state index contributed by atoms with van der Waals surface area (Å²) in [6.07, 6.45) is 0. The van der Waals surface area contributed by atoms with Crippen molar-refractivity contribution in [2.45, 2.75) is 13.8 Å². The Morgan fingerprint density at radius 2 is 1.15 bits per heavy atom. The molecule has 2 aromatic carbocycles. The third-order valence-corrected chi connectivity index (χ3v) is 3.35. The van der Waals surface area contributed by atoms with Gasteiger partial charge in [-0.25, -0.2) is 0 Å². The van der Waals surface area contributed by atoms with Crippen LogP contribution in [-0.4, -0.2) is 30.2 Å². The predicted octanol–water partition coefficient (Wildman–Crippen LogP) is 2.10. The van der Waals surface area contributed by atoms with E-state index in [-0.39, 0.29) is 0 Å². The Morgan fingerprint density at radius 1 is 0.700 bits per heavy atom. The number of hydrogen-bond acceptors (Lipinski definition) is 4. The Morgan fingerprint density at radius 3 is 1.60 bits per heavy atom. The van der Waals surface area contributed by atoms with Gasteiger partial charge < -0.3 is 0 Å². The summed E-state index contributed by atoms with van der Waals surface area (Å²) in [6.45, 7) is 4.07. The van der Waals surface area contributed by atoms with Crippen molar-refractivity contribution in [2.75, 3.05) is 0 Å². The van der Waals surface area contributed by atoms with Crippen LogP contribution in [0.25, 0.3) is 22.1 Å². The highest BCUT2D eigenvalue weighted by atomic mass is 15.8. The van der Waals surface area contributed by atoms with Crippen LogP contribution in [0.3, 0.4) is 0 Å². The number of nitrogens with zero attached hydrogens (tertiary/aromatic N) is 6. The standard InChI is InChI=1S/C14H12N6/c1-9-3-5-13-11(7-9)15-17-19(13)20-14-6-4-10(2)8-12(14)16-18-20/h3-8H,1-2H3. The SMILES string of the molecule is Cc1ccc2c(c1)nnn2-n1nnc2cc(C)ccc21. The quantitative estimate of drug-likeness (QED) is 0.528. The first-order chi connectivity index (χ1) is 9.72. The third kappa shape index (κ3) is 1.51. The molecule has 0 aliphatic carbocycles. The molecule has 0 aliphatic rings. The number of fused-ring (bicyclic) bond motifs is 2. The minimum atomic E-state index is 0.848. The fourth-order valence-corrected chi connectivity index (χ4v) is 2.32. The van der Waals surface area contributed by atoms with Crippen LogP contribution < -0.4 is 0 Å². The molecule has 98 valence electrons. The number of aryl methyl sites for hydroxylation is 2. The molecule has 0 aliphatic heterocycles. The van der Waals surface area contributed by atoms with Gasteiger partial charge in [0, 0.05) is 0 Å². The highest BCUT2D eigenvalue weighted by Crippen LogP contribution is 2.17. The number of rotatable bonds is 1. The lowest BCUT2D eigenvalue weighted by atomic mass is 10.2. The van der Waals surface area contributed by atoms with E-state index in [0.717, 1.165) is 33.2 Å². The molecule has 20 heavy (non-hydrogen) atoms. The lowest BCUT2D eigenvalue weighted by Crippen LogP contribution is -2.12. The zero-order valence-electron chi connectivity index (χ0n) is 11.1. The Balaban J connectivity index is 2.01. The van der Waals surface area contributed by atoms with Gasteiger partial charge in [-0.3, -0.25) is 0 Å². The van der Waals surface area contributed by atoms with E-state index in [1.807, 2.05) is 50.2 Å². The summed E-state index contributed by atoms with van der Waals surface area (Å²) in [5.74, 6) is 0. The molecule has 0 bridgehead atoms. The van der Waals surface area contributed by atoms with Gasteiger partial charge in [-0.05, 0) is 59.7 Å². The van der Waals surface area contributed by atoms with Crippen LogP contribution >= 0.6 is 0 Å². The van der Waals surface area contributed by atoms with Crippen LogP contribution in [0.5, 0.6) is 0 Å². The Kier molecular flexibility index (Phi) is 2.14. The number of benzene rings is 2. The molecule has 4 rings (SSSR count). The molecule has 0 N–H and O–H groups in total. The van der Waals surface area contributed by atoms with Crippen molar-refractivity contribution in [3.05, 3.63) is 47.5 Å². The highest BCUT2D eigenvalue weighted by Gasteiger charge is 2.11. The van der Waals surface area contributed by atoms with Gasteiger partial charge in [-0.15, -0.1) is 19.8 Å². The van der Waals surface area contributed by atoms with Crippen LogP contribution in [0.4, 0.5) is 0 Å². The second kappa shape index (κ2) is 3.86. The van der Waals surface area contributed by atoms with Gasteiger partial charge in [-0.1, -0.05) is 12.1 Å². The average molecular weight is 264 g/mol. The maximum Gasteiger partial charge on any atom is 0.115 e. The monoisotopic (exact) mass is 264 g/mol. The molecule has 0 spiro atoms. The van der Waals surface area contributed by atoms with E-state index < -0.39 is 0 Å². The van der Waals surface area contributed by atoms with Crippen molar-refractivity contribution < 1.29 is 0 Å². The van der Waals surface area contributed by atoms with Gasteiger partial charge in [0.15, 0.2) is 0 Å². The summed E-state index contributed by atoms with van der Waals surface area (Å²) in [5, 5.41) is 16.7. The fraction of sp³-hybridized carbons (Fsp3) is 0.143. The molecule has 4 aromatic rings. The number of aromatic nitrogens is 6. The molecule has 6 heteroatoms. The summed E-state index contributed by atoms with van der Waals surface area (Å²) in [6, 6.07) is 12.1. The van der Waals surface area contributed by atoms with Crippen molar-refractivity contribution in [3.8, 4) is 0 Å². The summed E-state index contributed by atoms with van der Waals surface area (Å²) >= 11 is 0. The van der Waals surface area contributed by atoms with Crippen molar-refractivity contribution in [3.63, 3.8) is 0 Å². The van der Waals surface area contributed by atoms with E-state index in [4.69, 9.17) is 0 Å². The van der Waals surface area contributed by atoms with Crippen molar-refractivity contribution >= 4 is 22.1 Å². The van der Waals surface area contributed by atoms with Crippen molar-refractivity contribution in [1.82, 2.24) is 30.2 Å². The average Bonchev–Trinajstić information content (AvgIpc) is 3.01. The van der Waals surface area contributed by atoms with E-state index in [1.54, 1.807) is 9.58 Å². The van der Waals surface area contributed by atoms with Gasteiger partial charge in [0.05, 0.1) is 0 Å². The Labute approximate surface area is 114 Å². The molecule has 0 radical (unpaired) electrons. The van der Waals surface area contributed by atoms with Crippen LogP contribution in [0.2, 0.25) is 0 Å². The molecular weight excluding hydrogens is 252 g/mol. The number of hydrogen-bond donors (Lipinski definition) is 0. The lowest BCUT2D eigenvalue weighted by molar-refractivity contribution is 0.505. The maximum atomic E-state index is 4.18. The molecule has 2 heterocycles. The molecule has 0 amide bonds. The zero-order chi connectivity index (χ0) is 13.7. The van der Waals surface area contributed by atoms with Crippen LogP contribution in [0.1, 0.15) is 11.1 Å². The van der Waals surface area contributed by atoms with Crippen LogP contribution in [0.15, 0.2) is 36.4 Å². The van der Waals surface area contributed by atoms with Crippen LogP contribution in [0, 0.1) is 13.8 Å². The largest absolute Gasteiger partial charge is 0.128 e. The summed E-state index contributed by atoms with van der Waals surface area (Å²) in [7, 11) is 0. The molecule has 0 saturated heterocycles. The molecule has 0 atom stereocenters. The first-order valence-electron chi connectivity index (χ1n) is 6.37. The van der Waals surface area contributed by atoms with E-state index >= 15 is 0 Å². The molecule has 2 aromatic heterocycles. The molecule has 0 unspecified atom stereocenters. The van der Waals surface area contributed by atoms with Gasteiger partial charge in [0.2, 0.25) is 0 Å². The first-order valence-corrected chi connectivity index (χ1v) is 6.37. The van der Waals surface area contributed by atoms with Crippen LogP contribution in [-0.2, 0) is 0 Å². The molecular formula is C14H12N6. The highest BCUT2D eigenvalue weighted by molar-refractivity contribution is 5.78. The van der Waals surface area contributed by atoms with Gasteiger partial charge in [-0.2, -0.15) is 0 Å². The normalized spacial score (nSPS) is 11.5. The summed E-state index contributed by atoms with van der Waals surface area (Å²) < 4.78 is 0. The molecule has 6 nitrogen and oxygen atoms in total. The van der Waals surface area contributed by atoms with E-state index in [2.05, 4.69) is 20.6 Å². The van der Waals surface area contributed by atoms with Gasteiger partial charge in [0.1, 0.15) is 22.1 Å². The Bertz CT molecular complexity index is 855. The topological polar surface area (TPSA) is 61.4 Å². The van der Waals surface area contributed by atoms with Crippen molar-refractivity contribution in [1.29, 1.82) is 0 Å². The fourth-order valence-electron chi connectivity index (χ4n) is 2.32. The minimum absolute atomic E-state index is 0.848. The smallest absolute Gasteiger partial charge is 0.115 e. The minimum Gasteiger partial charge on any atom is -0.128 e. The maximum absolute atomic E-state index is 4.18. The van der Waals surface area contributed by atoms with Gasteiger partial charge in [0.25, 0.3) is 0 Å². The second-order valence-electron chi connectivity index (χ2n) is 4.94. The van der Waals surface area contributed by atoms with E-state index in [1.165, 1.54) is 0 Å². The summed E-state index contributed by atoms with van der Waals surface area (Å²) in [4.78, 5) is 3.33. The molecule has 0 saturated carbocycles. The summed E-state index contributed by atoms with van der Waals surface area (Å²) in [5.41, 5.74) is 5.82.